The molecular weight excluding hydrogens is 629 g/mol. The van der Waals surface area contributed by atoms with Crippen LogP contribution in [0.2, 0.25) is 12.6 Å². The SMILES string of the molecule is CC[Si]1(C)C(c2cccc(-c3nc4ccccc4o3)c2)=C(c2ccccc2)C(c2ccccc2)=C1c1cccc(-c2nc3ccccc3o2)c1. The van der Waals surface area contributed by atoms with Crippen LogP contribution in [0, 0.1) is 0 Å². The Kier molecular flexibility index (Phi) is 7.29. The second kappa shape index (κ2) is 12.1. The van der Waals surface area contributed by atoms with Crippen LogP contribution in [0.3, 0.4) is 0 Å². The van der Waals surface area contributed by atoms with Crippen LogP contribution in [0.5, 0.6) is 0 Å². The van der Waals surface area contributed by atoms with E-state index in [2.05, 4.69) is 123 Å². The van der Waals surface area contributed by atoms with Gasteiger partial charge in [0.15, 0.2) is 11.2 Å². The number of benzene rings is 6. The topological polar surface area (TPSA) is 52.1 Å². The van der Waals surface area contributed by atoms with E-state index in [1.165, 1.54) is 43.8 Å². The smallest absolute Gasteiger partial charge is 0.227 e. The first-order valence-electron chi connectivity index (χ1n) is 17.1. The van der Waals surface area contributed by atoms with Gasteiger partial charge in [-0.25, -0.2) is 9.97 Å². The standard InChI is InChI=1S/C45H34N2O2Si/c1-3-50(2)42(32-20-14-22-34(28-32)44-46-36-24-10-12-26-38(36)48-44)40(30-16-6-4-7-17-30)41(31-18-8-5-9-19-31)43(50)33-21-15-23-35(29-33)45-47-37-25-11-13-27-39(37)49-45/h4-29H,3H2,1-2H3. The zero-order chi connectivity index (χ0) is 33.7. The van der Waals surface area contributed by atoms with Crippen LogP contribution >= 0.6 is 0 Å². The highest BCUT2D eigenvalue weighted by molar-refractivity contribution is 7.13. The van der Waals surface area contributed by atoms with Crippen molar-refractivity contribution in [2.45, 2.75) is 19.5 Å². The summed E-state index contributed by atoms with van der Waals surface area (Å²) < 4.78 is 12.6. The van der Waals surface area contributed by atoms with Gasteiger partial charge in [0.1, 0.15) is 19.1 Å². The molecule has 5 heteroatoms. The van der Waals surface area contributed by atoms with Gasteiger partial charge in [-0.2, -0.15) is 0 Å². The molecule has 9 rings (SSSR count). The summed E-state index contributed by atoms with van der Waals surface area (Å²) in [5.41, 5.74) is 12.7. The highest BCUT2D eigenvalue weighted by Gasteiger charge is 2.46. The third-order valence-electron chi connectivity index (χ3n) is 10.1. The van der Waals surface area contributed by atoms with Crippen molar-refractivity contribution in [1.82, 2.24) is 9.97 Å². The molecule has 0 spiro atoms. The molecule has 1 aliphatic heterocycles. The van der Waals surface area contributed by atoms with E-state index in [-0.39, 0.29) is 0 Å². The maximum atomic E-state index is 6.28. The van der Waals surface area contributed by atoms with Gasteiger partial charge in [0.25, 0.3) is 0 Å². The lowest BCUT2D eigenvalue weighted by Crippen LogP contribution is -2.32. The Morgan fingerprint density at radius 1 is 0.440 bits per heavy atom. The molecule has 0 saturated carbocycles. The zero-order valence-corrected chi connectivity index (χ0v) is 28.9. The Morgan fingerprint density at radius 2 is 0.820 bits per heavy atom. The molecule has 0 N–H and O–H groups in total. The molecule has 0 radical (unpaired) electrons. The summed E-state index contributed by atoms with van der Waals surface area (Å²) in [5, 5.41) is 2.84. The quantitative estimate of drug-likeness (QED) is 0.159. The molecule has 2 aromatic heterocycles. The van der Waals surface area contributed by atoms with Crippen molar-refractivity contribution in [2.75, 3.05) is 0 Å². The monoisotopic (exact) mass is 662 g/mol. The van der Waals surface area contributed by atoms with E-state index in [4.69, 9.17) is 18.8 Å². The van der Waals surface area contributed by atoms with Gasteiger partial charge in [-0.05, 0) is 92.3 Å². The molecule has 0 bridgehead atoms. The van der Waals surface area contributed by atoms with Crippen molar-refractivity contribution < 1.29 is 8.83 Å². The van der Waals surface area contributed by atoms with Gasteiger partial charge in [-0.15, -0.1) is 0 Å². The molecule has 0 aliphatic carbocycles. The Hall–Kier alpha value is -6.04. The third kappa shape index (κ3) is 4.97. The number of aromatic nitrogens is 2. The largest absolute Gasteiger partial charge is 0.436 e. The second-order valence-electron chi connectivity index (χ2n) is 13.1. The van der Waals surface area contributed by atoms with E-state index in [1.807, 2.05) is 48.5 Å². The molecule has 4 nitrogen and oxygen atoms in total. The molecule has 240 valence electrons. The molecule has 3 heterocycles. The fourth-order valence-corrected chi connectivity index (χ4v) is 11.8. The minimum atomic E-state index is -2.45. The minimum Gasteiger partial charge on any atom is -0.436 e. The summed E-state index contributed by atoms with van der Waals surface area (Å²) in [5.74, 6) is 1.27. The molecule has 8 aromatic rings. The fourth-order valence-electron chi connectivity index (χ4n) is 7.60. The molecule has 6 aromatic carbocycles. The maximum absolute atomic E-state index is 6.28. The first-order valence-corrected chi connectivity index (χ1v) is 19.8. The molecular formula is C45H34N2O2Si. The van der Waals surface area contributed by atoms with Gasteiger partial charge < -0.3 is 8.83 Å². The van der Waals surface area contributed by atoms with Crippen LogP contribution in [0.25, 0.3) is 66.6 Å². The van der Waals surface area contributed by atoms with Crippen molar-refractivity contribution >= 4 is 51.8 Å². The van der Waals surface area contributed by atoms with Crippen LogP contribution in [0.4, 0.5) is 0 Å². The molecule has 0 fully saturated rings. The predicted octanol–water partition coefficient (Wildman–Crippen LogP) is 12.0. The van der Waals surface area contributed by atoms with Crippen LogP contribution in [-0.2, 0) is 0 Å². The van der Waals surface area contributed by atoms with E-state index < -0.39 is 8.07 Å². The van der Waals surface area contributed by atoms with E-state index in [1.54, 1.807) is 0 Å². The predicted molar refractivity (Wildman–Crippen MR) is 208 cm³/mol. The van der Waals surface area contributed by atoms with Gasteiger partial charge in [0, 0.05) is 11.1 Å². The lowest BCUT2D eigenvalue weighted by molar-refractivity contribution is 0.619. The van der Waals surface area contributed by atoms with Crippen molar-refractivity contribution in [2.24, 2.45) is 0 Å². The van der Waals surface area contributed by atoms with Crippen LogP contribution in [0.1, 0.15) is 29.2 Å². The number of allylic oxidation sites excluding steroid dienone is 2. The number of rotatable bonds is 7. The number of para-hydroxylation sites is 4. The van der Waals surface area contributed by atoms with Gasteiger partial charge >= 0.3 is 0 Å². The highest BCUT2D eigenvalue weighted by Crippen LogP contribution is 2.57. The average molecular weight is 663 g/mol. The molecule has 0 atom stereocenters. The zero-order valence-electron chi connectivity index (χ0n) is 27.9. The first-order chi connectivity index (χ1) is 24.6. The Balaban J connectivity index is 1.30. The van der Waals surface area contributed by atoms with Gasteiger partial charge in [0.2, 0.25) is 11.8 Å². The van der Waals surface area contributed by atoms with Gasteiger partial charge in [0.05, 0.1) is 0 Å². The number of nitrogens with zero attached hydrogens (tertiary/aromatic N) is 2. The molecule has 50 heavy (non-hydrogen) atoms. The molecule has 1 aliphatic rings. The van der Waals surface area contributed by atoms with E-state index >= 15 is 0 Å². The van der Waals surface area contributed by atoms with Crippen molar-refractivity contribution in [1.29, 1.82) is 0 Å². The lowest BCUT2D eigenvalue weighted by atomic mass is 9.89. The molecule has 0 unspecified atom stereocenters. The van der Waals surface area contributed by atoms with Crippen LogP contribution in [-0.4, -0.2) is 18.0 Å². The fraction of sp³-hybridized carbons (Fsp3) is 0.0667. The van der Waals surface area contributed by atoms with Crippen molar-refractivity contribution in [3.63, 3.8) is 0 Å². The third-order valence-corrected chi connectivity index (χ3v) is 14.8. The first kappa shape index (κ1) is 30.0. The second-order valence-corrected chi connectivity index (χ2v) is 17.4. The Labute approximate surface area is 292 Å². The van der Waals surface area contributed by atoms with Crippen molar-refractivity contribution in [3.8, 4) is 22.9 Å². The average Bonchev–Trinajstić information content (AvgIpc) is 3.89. The van der Waals surface area contributed by atoms with Gasteiger partial charge in [-0.3, -0.25) is 0 Å². The summed E-state index contributed by atoms with van der Waals surface area (Å²) in [7, 11) is -2.45. The Morgan fingerprint density at radius 3 is 1.24 bits per heavy atom. The minimum absolute atomic E-state index is 0.635. The summed E-state index contributed by atoms with van der Waals surface area (Å²) in [6.45, 7) is 4.90. The maximum Gasteiger partial charge on any atom is 0.227 e. The lowest BCUT2D eigenvalue weighted by Gasteiger charge is -2.30. The van der Waals surface area contributed by atoms with E-state index in [0.29, 0.717) is 11.8 Å². The summed E-state index contributed by atoms with van der Waals surface area (Å²) in [6, 6.07) is 56.3. The highest BCUT2D eigenvalue weighted by atomic mass is 28.3. The number of hydrogen-bond acceptors (Lipinski definition) is 4. The van der Waals surface area contributed by atoms with E-state index in [0.717, 1.165) is 39.4 Å². The normalized spacial score (nSPS) is 14.3. The van der Waals surface area contributed by atoms with Crippen LogP contribution in [0.15, 0.2) is 167 Å². The number of oxazole rings is 2. The Bertz CT molecular complexity index is 2350. The number of hydrogen-bond donors (Lipinski definition) is 0. The van der Waals surface area contributed by atoms with Crippen molar-refractivity contribution in [3.05, 3.63) is 180 Å². The van der Waals surface area contributed by atoms with E-state index in [9.17, 15) is 0 Å². The van der Waals surface area contributed by atoms with Crippen LogP contribution < -0.4 is 0 Å². The summed E-state index contributed by atoms with van der Waals surface area (Å²) in [6.07, 6.45) is 0. The van der Waals surface area contributed by atoms with Gasteiger partial charge in [-0.1, -0.05) is 129 Å². The number of fused-ring (bicyclic) bond motifs is 2. The molecule has 0 saturated heterocycles. The summed E-state index contributed by atoms with van der Waals surface area (Å²) in [4.78, 5) is 9.73. The molecule has 0 amide bonds. The summed E-state index contributed by atoms with van der Waals surface area (Å²) >= 11 is 0.